The number of benzene rings is 1. The van der Waals surface area contributed by atoms with E-state index in [2.05, 4.69) is 9.97 Å². The smallest absolute Gasteiger partial charge is 0.417 e. The number of nitriles is 1. The number of hydrogen-bond acceptors (Lipinski definition) is 5. The molecular weight excluding hydrogens is 371 g/mol. The highest BCUT2D eigenvalue weighted by molar-refractivity contribution is 5.89. The summed E-state index contributed by atoms with van der Waals surface area (Å²) in [6.45, 7) is 1.65. The maximum Gasteiger partial charge on any atom is 0.417 e. The van der Waals surface area contributed by atoms with Crippen molar-refractivity contribution in [3.05, 3.63) is 71.4 Å². The molecule has 3 rings (SSSR count). The highest BCUT2D eigenvalue weighted by atomic mass is 19.4. The van der Waals surface area contributed by atoms with Crippen LogP contribution in [0.15, 0.2) is 53.1 Å². The number of ketones is 1. The van der Waals surface area contributed by atoms with Crippen molar-refractivity contribution in [2.24, 2.45) is 0 Å². The Labute approximate surface area is 158 Å². The highest BCUT2D eigenvalue weighted by Crippen LogP contribution is 2.29. The fourth-order valence-corrected chi connectivity index (χ4v) is 2.61. The van der Waals surface area contributed by atoms with Gasteiger partial charge in [0.2, 0.25) is 5.89 Å². The standard InChI is InChI=1S/C20H14F3N3O2/c1-12-17(26-19(28-12)13-5-3-2-4-6-13)9-18(27)15(10-24)16-8-7-14(11-25-16)20(21,22)23/h2-8,11,15H,9H2,1H3. The molecule has 0 N–H and O–H groups in total. The number of alkyl halides is 3. The van der Waals surface area contributed by atoms with Crippen molar-refractivity contribution in [1.82, 2.24) is 9.97 Å². The van der Waals surface area contributed by atoms with Gasteiger partial charge in [-0.05, 0) is 31.2 Å². The van der Waals surface area contributed by atoms with Gasteiger partial charge in [-0.15, -0.1) is 0 Å². The van der Waals surface area contributed by atoms with Gasteiger partial charge in [0.1, 0.15) is 11.7 Å². The second-order valence-electron chi connectivity index (χ2n) is 6.06. The third-order valence-electron chi connectivity index (χ3n) is 4.12. The molecule has 1 unspecified atom stereocenters. The molecule has 0 aliphatic rings. The molecule has 2 heterocycles. The number of carbonyl (C=O) groups excluding carboxylic acids is 1. The van der Waals surface area contributed by atoms with Crippen LogP contribution in [-0.2, 0) is 17.4 Å². The molecule has 0 aliphatic carbocycles. The number of aryl methyl sites for hydroxylation is 1. The fraction of sp³-hybridized carbons (Fsp3) is 0.200. The molecule has 0 saturated heterocycles. The van der Waals surface area contributed by atoms with Crippen molar-refractivity contribution in [2.45, 2.75) is 25.4 Å². The predicted octanol–water partition coefficient (Wildman–Crippen LogP) is 4.48. The van der Waals surface area contributed by atoms with E-state index < -0.39 is 23.4 Å². The SMILES string of the molecule is Cc1oc(-c2ccccc2)nc1CC(=O)C(C#N)c1ccc(C(F)(F)F)cn1. The molecule has 28 heavy (non-hydrogen) atoms. The van der Waals surface area contributed by atoms with Gasteiger partial charge in [-0.25, -0.2) is 4.98 Å². The number of nitrogens with zero attached hydrogens (tertiary/aromatic N) is 3. The van der Waals surface area contributed by atoms with E-state index in [1.54, 1.807) is 25.1 Å². The quantitative estimate of drug-likeness (QED) is 0.647. The number of carbonyl (C=O) groups is 1. The van der Waals surface area contributed by atoms with Gasteiger partial charge in [0, 0.05) is 11.8 Å². The van der Waals surface area contributed by atoms with Gasteiger partial charge >= 0.3 is 6.18 Å². The largest absolute Gasteiger partial charge is 0.441 e. The minimum Gasteiger partial charge on any atom is -0.441 e. The molecule has 0 radical (unpaired) electrons. The van der Waals surface area contributed by atoms with E-state index in [1.807, 2.05) is 18.2 Å². The maximum atomic E-state index is 12.6. The van der Waals surface area contributed by atoms with Crippen LogP contribution in [-0.4, -0.2) is 15.8 Å². The van der Waals surface area contributed by atoms with E-state index in [9.17, 15) is 23.2 Å². The fourth-order valence-electron chi connectivity index (χ4n) is 2.61. The molecule has 0 amide bonds. The average Bonchev–Trinajstić information content (AvgIpc) is 3.03. The lowest BCUT2D eigenvalue weighted by Gasteiger charge is -2.09. The van der Waals surface area contributed by atoms with Gasteiger partial charge in [0.05, 0.1) is 29.4 Å². The first-order valence-corrected chi connectivity index (χ1v) is 8.27. The van der Waals surface area contributed by atoms with Crippen LogP contribution in [0, 0.1) is 18.3 Å². The van der Waals surface area contributed by atoms with Gasteiger partial charge in [0.15, 0.2) is 5.78 Å². The van der Waals surface area contributed by atoms with Crippen molar-refractivity contribution >= 4 is 5.78 Å². The number of halogens is 3. The normalized spacial score (nSPS) is 12.4. The van der Waals surface area contributed by atoms with Crippen molar-refractivity contribution < 1.29 is 22.4 Å². The number of Topliss-reactive ketones (excluding diaryl/α,β-unsaturated/α-hetero) is 1. The Balaban J connectivity index is 1.80. The van der Waals surface area contributed by atoms with Crippen LogP contribution in [0.2, 0.25) is 0 Å². The number of rotatable bonds is 5. The summed E-state index contributed by atoms with van der Waals surface area (Å²) >= 11 is 0. The van der Waals surface area contributed by atoms with Gasteiger partial charge in [-0.1, -0.05) is 18.2 Å². The summed E-state index contributed by atoms with van der Waals surface area (Å²) in [5.41, 5.74) is 0.131. The molecule has 1 aromatic carbocycles. The summed E-state index contributed by atoms with van der Waals surface area (Å²) in [5, 5.41) is 9.33. The van der Waals surface area contributed by atoms with Crippen molar-refractivity contribution in [3.63, 3.8) is 0 Å². The maximum absolute atomic E-state index is 12.6. The van der Waals surface area contributed by atoms with Gasteiger partial charge < -0.3 is 4.42 Å². The molecule has 0 spiro atoms. The molecule has 0 aliphatic heterocycles. The number of hydrogen-bond donors (Lipinski definition) is 0. The van der Waals surface area contributed by atoms with Crippen LogP contribution in [0.4, 0.5) is 13.2 Å². The first-order chi connectivity index (χ1) is 13.3. The monoisotopic (exact) mass is 385 g/mol. The zero-order valence-corrected chi connectivity index (χ0v) is 14.7. The van der Waals surface area contributed by atoms with Crippen molar-refractivity contribution in [1.29, 1.82) is 5.26 Å². The summed E-state index contributed by atoms with van der Waals surface area (Å²) in [7, 11) is 0. The van der Waals surface area contributed by atoms with Crippen molar-refractivity contribution in [3.8, 4) is 17.5 Å². The predicted molar refractivity (Wildman–Crippen MR) is 93.0 cm³/mol. The molecule has 8 heteroatoms. The van der Waals surface area contributed by atoms with E-state index in [4.69, 9.17) is 4.42 Å². The molecule has 0 bridgehead atoms. The number of aromatic nitrogens is 2. The Bertz CT molecular complexity index is 1020. The molecule has 142 valence electrons. The Morgan fingerprint density at radius 1 is 1.21 bits per heavy atom. The zero-order valence-electron chi connectivity index (χ0n) is 14.7. The minimum atomic E-state index is -4.54. The van der Waals surface area contributed by atoms with E-state index >= 15 is 0 Å². The van der Waals surface area contributed by atoms with E-state index in [0.29, 0.717) is 23.5 Å². The van der Waals surface area contributed by atoms with Crippen LogP contribution in [0.5, 0.6) is 0 Å². The third kappa shape index (κ3) is 4.09. The lowest BCUT2D eigenvalue weighted by atomic mass is 9.97. The third-order valence-corrected chi connectivity index (χ3v) is 4.12. The number of oxazole rings is 1. The van der Waals surface area contributed by atoms with Gasteiger partial charge in [-0.2, -0.15) is 18.4 Å². The Kier molecular flexibility index (Phi) is 5.27. The average molecular weight is 385 g/mol. The van der Waals surface area contributed by atoms with Crippen LogP contribution >= 0.6 is 0 Å². The summed E-state index contributed by atoms with van der Waals surface area (Å²) in [6, 6.07) is 12.7. The number of pyridine rings is 1. The van der Waals surface area contributed by atoms with Crippen LogP contribution < -0.4 is 0 Å². The minimum absolute atomic E-state index is 0.0371. The Morgan fingerprint density at radius 3 is 2.50 bits per heavy atom. The summed E-state index contributed by atoms with van der Waals surface area (Å²) in [6.07, 6.45) is -4.12. The molecule has 2 aromatic heterocycles. The lowest BCUT2D eigenvalue weighted by molar-refractivity contribution is -0.137. The highest BCUT2D eigenvalue weighted by Gasteiger charge is 2.32. The summed E-state index contributed by atoms with van der Waals surface area (Å²) in [5.74, 6) is -1.03. The van der Waals surface area contributed by atoms with E-state index in [-0.39, 0.29) is 12.1 Å². The molecular formula is C20H14F3N3O2. The zero-order chi connectivity index (χ0) is 20.3. The molecule has 3 aromatic rings. The molecule has 0 fully saturated rings. The summed E-state index contributed by atoms with van der Waals surface area (Å²) < 4.78 is 43.5. The summed E-state index contributed by atoms with van der Waals surface area (Å²) in [4.78, 5) is 20.5. The molecule has 5 nitrogen and oxygen atoms in total. The first-order valence-electron chi connectivity index (χ1n) is 8.27. The Hall–Kier alpha value is -3.47. The molecule has 1 atom stereocenters. The second-order valence-corrected chi connectivity index (χ2v) is 6.06. The van der Waals surface area contributed by atoms with Crippen LogP contribution in [0.25, 0.3) is 11.5 Å². The molecule has 0 saturated carbocycles. The van der Waals surface area contributed by atoms with Crippen LogP contribution in [0.3, 0.4) is 0 Å². The Morgan fingerprint density at radius 2 is 1.93 bits per heavy atom. The van der Waals surface area contributed by atoms with Crippen molar-refractivity contribution in [2.75, 3.05) is 0 Å². The second kappa shape index (κ2) is 7.64. The lowest BCUT2D eigenvalue weighted by Crippen LogP contribution is -2.16. The van der Waals surface area contributed by atoms with E-state index in [0.717, 1.165) is 17.7 Å². The first kappa shape index (κ1) is 19.3. The topological polar surface area (TPSA) is 79.8 Å². The van der Waals surface area contributed by atoms with E-state index in [1.165, 1.54) is 0 Å². The van der Waals surface area contributed by atoms with Gasteiger partial charge in [-0.3, -0.25) is 9.78 Å². The van der Waals surface area contributed by atoms with Crippen LogP contribution in [0.1, 0.15) is 28.6 Å². The van der Waals surface area contributed by atoms with Gasteiger partial charge in [0.25, 0.3) is 0 Å².